The number of hydrogen-bond acceptors (Lipinski definition) is 7. The van der Waals surface area contributed by atoms with Gasteiger partial charge in [0.05, 0.1) is 17.1 Å². The molecule has 1 aliphatic heterocycles. The van der Waals surface area contributed by atoms with Crippen LogP contribution in [-0.2, 0) is 16.2 Å². The molecule has 10 heteroatoms. The maximum absolute atomic E-state index is 13.3. The van der Waals surface area contributed by atoms with E-state index >= 15 is 0 Å². The van der Waals surface area contributed by atoms with Crippen LogP contribution < -0.4 is 14.8 Å². The molecule has 1 aliphatic rings. The van der Waals surface area contributed by atoms with E-state index in [1.807, 2.05) is 37.3 Å². The number of nitrogens with one attached hydrogen (secondary N) is 1. The number of carbonyl (C=O) groups is 4. The molecule has 0 aliphatic carbocycles. The first-order chi connectivity index (χ1) is 20.3. The number of anilines is 1. The lowest BCUT2D eigenvalue weighted by atomic mass is 10.0. The molecule has 1 fully saturated rings. The highest BCUT2D eigenvalue weighted by atomic mass is 32.2. The molecule has 212 valence electrons. The van der Waals surface area contributed by atoms with Crippen LogP contribution in [0.5, 0.6) is 11.5 Å². The van der Waals surface area contributed by atoms with E-state index in [0.717, 1.165) is 33.0 Å². The molecule has 9 nitrogen and oxygen atoms in total. The number of nitrogens with zero attached hydrogens (tertiary/aromatic N) is 1. The topological polar surface area (TPSA) is 122 Å². The number of amides is 3. The Labute approximate surface area is 245 Å². The molecule has 0 atom stereocenters. The highest BCUT2D eigenvalue weighted by molar-refractivity contribution is 8.18. The van der Waals surface area contributed by atoms with Crippen LogP contribution in [-0.4, -0.2) is 46.2 Å². The van der Waals surface area contributed by atoms with Gasteiger partial charge in [-0.3, -0.25) is 19.3 Å². The normalized spacial score (nSPS) is 13.9. The van der Waals surface area contributed by atoms with Gasteiger partial charge in [0.25, 0.3) is 11.1 Å². The third kappa shape index (κ3) is 6.45. The smallest absolute Gasteiger partial charge is 0.335 e. The second kappa shape index (κ2) is 12.6. The molecule has 0 saturated carbocycles. The van der Waals surface area contributed by atoms with Crippen molar-refractivity contribution < 1.29 is 33.8 Å². The summed E-state index contributed by atoms with van der Waals surface area (Å²) in [6.07, 6.45) is 1.61. The van der Waals surface area contributed by atoms with E-state index in [1.165, 1.54) is 12.1 Å². The fourth-order valence-corrected chi connectivity index (χ4v) is 5.19. The molecular weight excluding hydrogens is 556 g/mol. The number of fused-ring (bicyclic) bond motifs is 1. The van der Waals surface area contributed by atoms with Crippen LogP contribution in [0.25, 0.3) is 16.8 Å². The Kier molecular flexibility index (Phi) is 8.54. The molecular formula is C32H26N2O7S. The number of imide groups is 1. The molecule has 0 spiro atoms. The van der Waals surface area contributed by atoms with Crippen molar-refractivity contribution >= 4 is 57.3 Å². The van der Waals surface area contributed by atoms with E-state index in [2.05, 4.69) is 5.32 Å². The maximum atomic E-state index is 13.3. The number of thioether (sulfide) groups is 1. The number of carboxylic acid groups (broad SMARTS) is 1. The molecule has 4 aromatic carbocycles. The number of aromatic carboxylic acids is 1. The highest BCUT2D eigenvalue weighted by Gasteiger charge is 2.36. The zero-order valence-electron chi connectivity index (χ0n) is 22.5. The Bertz CT molecular complexity index is 1700. The van der Waals surface area contributed by atoms with Crippen LogP contribution in [0.2, 0.25) is 0 Å². The summed E-state index contributed by atoms with van der Waals surface area (Å²) in [4.78, 5) is 51.0. The van der Waals surface area contributed by atoms with E-state index in [9.17, 15) is 19.2 Å². The lowest BCUT2D eigenvalue weighted by Gasteiger charge is -2.14. The third-order valence-corrected chi connectivity index (χ3v) is 7.33. The average molecular weight is 583 g/mol. The lowest BCUT2D eigenvalue weighted by molar-refractivity contribution is -0.127. The van der Waals surface area contributed by atoms with Crippen LogP contribution in [0.4, 0.5) is 10.5 Å². The van der Waals surface area contributed by atoms with Crippen molar-refractivity contribution in [2.75, 3.05) is 18.5 Å². The number of carbonyl (C=O) groups excluding carboxylic acids is 3. The van der Waals surface area contributed by atoms with Gasteiger partial charge in [0.15, 0.2) is 0 Å². The number of hydrogen-bond donors (Lipinski definition) is 2. The van der Waals surface area contributed by atoms with Crippen molar-refractivity contribution in [2.45, 2.75) is 13.5 Å². The standard InChI is InChI=1S/C32H26N2O7S/c1-2-40-24-14-12-23(13-15-24)33-29(35)18-34-30(36)28(42-32(34)39)17-26-25-6-4-3-5-21(25)11-16-27(26)41-19-20-7-9-22(10-8-20)31(37)38/h3-17H,2,18-19H2,1H3,(H,33,35)(H,37,38)/b28-17+. The summed E-state index contributed by atoms with van der Waals surface area (Å²) in [7, 11) is 0. The van der Waals surface area contributed by atoms with Crippen LogP contribution in [0.1, 0.15) is 28.4 Å². The molecule has 0 bridgehead atoms. The molecule has 1 saturated heterocycles. The SMILES string of the molecule is CCOc1ccc(NC(=O)CN2C(=O)S/C(=C/c3c(OCc4ccc(C(=O)O)cc4)ccc4ccccc34)C2=O)cc1. The minimum absolute atomic E-state index is 0.159. The van der Waals surface area contributed by atoms with Crippen LogP contribution in [0.15, 0.2) is 89.8 Å². The van der Waals surface area contributed by atoms with E-state index < -0.39 is 29.6 Å². The van der Waals surface area contributed by atoms with Gasteiger partial charge in [0, 0.05) is 11.3 Å². The van der Waals surface area contributed by atoms with Crippen molar-refractivity contribution in [3.05, 3.63) is 107 Å². The van der Waals surface area contributed by atoms with Crippen molar-refractivity contribution in [2.24, 2.45) is 0 Å². The Hall–Kier alpha value is -5.09. The van der Waals surface area contributed by atoms with Crippen LogP contribution in [0.3, 0.4) is 0 Å². The lowest BCUT2D eigenvalue weighted by Crippen LogP contribution is -2.36. The van der Waals surface area contributed by atoms with Gasteiger partial charge in [-0.2, -0.15) is 0 Å². The van der Waals surface area contributed by atoms with Crippen LogP contribution >= 0.6 is 11.8 Å². The van der Waals surface area contributed by atoms with Gasteiger partial charge in [-0.25, -0.2) is 4.79 Å². The van der Waals surface area contributed by atoms with Gasteiger partial charge in [-0.15, -0.1) is 0 Å². The zero-order chi connectivity index (χ0) is 29.6. The number of carboxylic acids is 1. The molecule has 5 rings (SSSR count). The number of rotatable bonds is 10. The molecule has 0 unspecified atom stereocenters. The second-order valence-corrected chi connectivity index (χ2v) is 10.3. The molecule has 42 heavy (non-hydrogen) atoms. The van der Waals surface area contributed by atoms with E-state index in [1.54, 1.807) is 48.5 Å². The minimum Gasteiger partial charge on any atom is -0.494 e. The largest absolute Gasteiger partial charge is 0.494 e. The van der Waals surface area contributed by atoms with Crippen molar-refractivity contribution in [3.8, 4) is 11.5 Å². The summed E-state index contributed by atoms with van der Waals surface area (Å²) in [5.74, 6) is -0.946. The highest BCUT2D eigenvalue weighted by Crippen LogP contribution is 2.37. The van der Waals surface area contributed by atoms with E-state index in [4.69, 9.17) is 14.6 Å². The Morgan fingerprint density at radius 3 is 2.38 bits per heavy atom. The second-order valence-electron chi connectivity index (χ2n) is 9.26. The van der Waals surface area contributed by atoms with Gasteiger partial charge >= 0.3 is 5.97 Å². The quantitative estimate of drug-likeness (QED) is 0.212. The molecule has 0 aromatic heterocycles. The summed E-state index contributed by atoms with van der Waals surface area (Å²) >= 11 is 0.759. The number of benzene rings is 4. The van der Waals surface area contributed by atoms with Gasteiger partial charge in [-0.1, -0.05) is 42.5 Å². The van der Waals surface area contributed by atoms with Gasteiger partial charge < -0.3 is 19.9 Å². The first kappa shape index (κ1) is 28.4. The maximum Gasteiger partial charge on any atom is 0.335 e. The Morgan fingerprint density at radius 1 is 0.929 bits per heavy atom. The van der Waals surface area contributed by atoms with Gasteiger partial charge in [0.1, 0.15) is 24.7 Å². The minimum atomic E-state index is -1.01. The predicted octanol–water partition coefficient (Wildman–Crippen LogP) is 6.19. The first-order valence-corrected chi connectivity index (χ1v) is 13.9. The predicted molar refractivity (Wildman–Crippen MR) is 161 cm³/mol. The van der Waals surface area contributed by atoms with E-state index in [0.29, 0.717) is 29.4 Å². The molecule has 3 amide bonds. The fourth-order valence-electron chi connectivity index (χ4n) is 4.37. The van der Waals surface area contributed by atoms with Crippen LogP contribution in [0, 0.1) is 0 Å². The summed E-state index contributed by atoms with van der Waals surface area (Å²) in [5.41, 5.74) is 2.06. The third-order valence-electron chi connectivity index (χ3n) is 6.43. The van der Waals surface area contributed by atoms with E-state index in [-0.39, 0.29) is 17.1 Å². The summed E-state index contributed by atoms with van der Waals surface area (Å²) < 4.78 is 11.5. The molecule has 1 heterocycles. The Morgan fingerprint density at radius 2 is 1.67 bits per heavy atom. The molecule has 4 aromatic rings. The summed E-state index contributed by atoms with van der Waals surface area (Å²) in [6.45, 7) is 2.12. The van der Waals surface area contributed by atoms with Crippen molar-refractivity contribution in [3.63, 3.8) is 0 Å². The molecule has 0 radical (unpaired) electrons. The summed E-state index contributed by atoms with van der Waals surface area (Å²) in [5, 5.41) is 13.0. The monoisotopic (exact) mass is 582 g/mol. The summed E-state index contributed by atoms with van der Waals surface area (Å²) in [6, 6.07) is 24.4. The van der Waals surface area contributed by atoms with Gasteiger partial charge in [-0.05, 0) is 83.6 Å². The fraction of sp³-hybridized carbons (Fsp3) is 0.125. The van der Waals surface area contributed by atoms with Gasteiger partial charge in [0.2, 0.25) is 5.91 Å². The Balaban J connectivity index is 1.35. The average Bonchev–Trinajstić information content (AvgIpc) is 3.25. The van der Waals surface area contributed by atoms with Crippen molar-refractivity contribution in [1.29, 1.82) is 0 Å². The number of ether oxygens (including phenoxy) is 2. The molecule has 2 N–H and O–H groups in total. The van der Waals surface area contributed by atoms with Crippen molar-refractivity contribution in [1.82, 2.24) is 4.90 Å². The first-order valence-electron chi connectivity index (χ1n) is 13.1. The zero-order valence-corrected chi connectivity index (χ0v) is 23.4.